The summed E-state index contributed by atoms with van der Waals surface area (Å²) in [5.74, 6) is -0.116. The van der Waals surface area contributed by atoms with Gasteiger partial charge >= 0.3 is 12.1 Å². The van der Waals surface area contributed by atoms with Crippen molar-refractivity contribution in [2.75, 3.05) is 24.6 Å². The zero-order valence-electron chi connectivity index (χ0n) is 12.3. The maximum absolute atomic E-state index is 12.4. The number of hydrogen-bond acceptors (Lipinski definition) is 5. The summed E-state index contributed by atoms with van der Waals surface area (Å²) in [5.41, 5.74) is -0.0734. The number of halogens is 3. The molecule has 0 aliphatic carbocycles. The van der Waals surface area contributed by atoms with Gasteiger partial charge in [0.2, 0.25) is 0 Å². The van der Waals surface area contributed by atoms with Gasteiger partial charge in [0.1, 0.15) is 12.1 Å². The van der Waals surface area contributed by atoms with Crippen LogP contribution in [0.3, 0.4) is 0 Å². The number of piperidine rings is 1. The largest absolute Gasteiger partial charge is 0.466 e. The number of nitrogens with zero attached hydrogens (tertiary/aromatic N) is 3. The number of rotatable bonds is 4. The number of ether oxygens (including phenoxy) is 1. The fourth-order valence-electron chi connectivity index (χ4n) is 2.50. The van der Waals surface area contributed by atoms with Crippen LogP contribution in [0.5, 0.6) is 0 Å². The monoisotopic (exact) mass is 317 g/mol. The maximum atomic E-state index is 12.4. The van der Waals surface area contributed by atoms with Gasteiger partial charge in [-0.25, -0.2) is 9.97 Å². The van der Waals surface area contributed by atoms with Crippen LogP contribution in [0.1, 0.15) is 25.5 Å². The molecule has 0 bridgehead atoms. The molecule has 1 aliphatic heterocycles. The third-order valence-electron chi connectivity index (χ3n) is 3.46. The number of hydrogen-bond donors (Lipinski definition) is 0. The van der Waals surface area contributed by atoms with E-state index in [-0.39, 0.29) is 17.6 Å². The van der Waals surface area contributed by atoms with Crippen LogP contribution in [-0.4, -0.2) is 41.8 Å². The van der Waals surface area contributed by atoms with E-state index in [2.05, 4.69) is 9.97 Å². The molecule has 1 saturated heterocycles. The molecule has 0 aromatic carbocycles. The van der Waals surface area contributed by atoms with Crippen LogP contribution in [0.2, 0.25) is 0 Å². The van der Waals surface area contributed by atoms with Crippen LogP contribution in [-0.2, 0) is 16.0 Å². The minimum Gasteiger partial charge on any atom is -0.466 e. The van der Waals surface area contributed by atoms with Gasteiger partial charge in [0.05, 0.1) is 24.6 Å². The first kappa shape index (κ1) is 16.5. The SMILES string of the molecule is CCOC(=O)C1CCCN(c2cc(CC(F)(F)F)ncn2)C1. The molecule has 1 aliphatic rings. The van der Waals surface area contributed by atoms with E-state index in [9.17, 15) is 18.0 Å². The highest BCUT2D eigenvalue weighted by Crippen LogP contribution is 2.25. The van der Waals surface area contributed by atoms with Gasteiger partial charge in [-0.15, -0.1) is 0 Å². The van der Waals surface area contributed by atoms with E-state index in [4.69, 9.17) is 4.74 Å². The average Bonchev–Trinajstić information content (AvgIpc) is 2.46. The predicted molar refractivity (Wildman–Crippen MR) is 73.4 cm³/mol. The quantitative estimate of drug-likeness (QED) is 0.798. The Hall–Kier alpha value is -1.86. The van der Waals surface area contributed by atoms with Crippen LogP contribution in [0.4, 0.5) is 19.0 Å². The molecule has 0 N–H and O–H groups in total. The second kappa shape index (κ2) is 6.93. The van der Waals surface area contributed by atoms with E-state index >= 15 is 0 Å². The number of carbonyl (C=O) groups is 1. The molecule has 1 aromatic heterocycles. The molecule has 0 amide bonds. The highest BCUT2D eigenvalue weighted by atomic mass is 19.4. The van der Waals surface area contributed by atoms with Crippen LogP contribution >= 0.6 is 0 Å². The van der Waals surface area contributed by atoms with Gasteiger partial charge in [0, 0.05) is 19.2 Å². The zero-order valence-corrected chi connectivity index (χ0v) is 12.3. The molecule has 1 aromatic rings. The Morgan fingerprint density at radius 3 is 2.91 bits per heavy atom. The first-order valence-corrected chi connectivity index (χ1v) is 7.18. The Labute approximate surface area is 126 Å². The summed E-state index contributed by atoms with van der Waals surface area (Å²) in [4.78, 5) is 21.3. The standard InChI is InChI=1S/C14H18F3N3O2/c1-2-22-13(21)10-4-3-5-20(8-10)12-6-11(18-9-19-12)7-14(15,16)17/h6,9-10H,2-5,7-8H2,1H3. The average molecular weight is 317 g/mol. The van der Waals surface area contributed by atoms with E-state index in [0.29, 0.717) is 25.5 Å². The molecule has 0 saturated carbocycles. The number of esters is 1. The van der Waals surface area contributed by atoms with E-state index in [1.165, 1.54) is 6.07 Å². The minimum atomic E-state index is -4.30. The molecule has 122 valence electrons. The van der Waals surface area contributed by atoms with Crippen molar-refractivity contribution in [3.8, 4) is 0 Å². The molecule has 1 fully saturated rings. The van der Waals surface area contributed by atoms with Crippen molar-refractivity contribution in [2.45, 2.75) is 32.4 Å². The van der Waals surface area contributed by atoms with Gasteiger partial charge in [-0.1, -0.05) is 0 Å². The lowest BCUT2D eigenvalue weighted by atomic mass is 9.98. The van der Waals surface area contributed by atoms with Crippen molar-refractivity contribution >= 4 is 11.8 Å². The van der Waals surface area contributed by atoms with Crippen LogP contribution < -0.4 is 4.90 Å². The molecule has 1 unspecified atom stereocenters. The molecule has 0 radical (unpaired) electrons. The molecule has 2 heterocycles. The minimum absolute atomic E-state index is 0.0734. The van der Waals surface area contributed by atoms with E-state index in [1.807, 2.05) is 4.90 Å². The highest BCUT2D eigenvalue weighted by molar-refractivity contribution is 5.73. The summed E-state index contributed by atoms with van der Waals surface area (Å²) in [5, 5.41) is 0. The molecule has 5 nitrogen and oxygen atoms in total. The van der Waals surface area contributed by atoms with Gasteiger partial charge in [-0.05, 0) is 19.8 Å². The number of aromatic nitrogens is 2. The molecule has 2 rings (SSSR count). The van der Waals surface area contributed by atoms with Crippen molar-refractivity contribution in [3.63, 3.8) is 0 Å². The number of anilines is 1. The van der Waals surface area contributed by atoms with Crippen molar-refractivity contribution in [3.05, 3.63) is 18.1 Å². The first-order valence-electron chi connectivity index (χ1n) is 7.18. The van der Waals surface area contributed by atoms with Crippen molar-refractivity contribution in [2.24, 2.45) is 5.92 Å². The lowest BCUT2D eigenvalue weighted by Gasteiger charge is -2.32. The third-order valence-corrected chi connectivity index (χ3v) is 3.46. The molecular formula is C14H18F3N3O2. The number of alkyl halides is 3. The van der Waals surface area contributed by atoms with Crippen molar-refractivity contribution in [1.29, 1.82) is 0 Å². The molecule has 22 heavy (non-hydrogen) atoms. The third kappa shape index (κ3) is 4.57. The fraction of sp³-hybridized carbons (Fsp3) is 0.643. The van der Waals surface area contributed by atoms with E-state index in [0.717, 1.165) is 19.2 Å². The van der Waals surface area contributed by atoms with Crippen molar-refractivity contribution < 1.29 is 22.7 Å². The molecular weight excluding hydrogens is 299 g/mol. The van der Waals surface area contributed by atoms with Gasteiger partial charge in [0.15, 0.2) is 0 Å². The van der Waals surface area contributed by atoms with Gasteiger partial charge in [-0.3, -0.25) is 4.79 Å². The van der Waals surface area contributed by atoms with Gasteiger partial charge in [0.25, 0.3) is 0 Å². The molecule has 1 atom stereocenters. The summed E-state index contributed by atoms with van der Waals surface area (Å²) < 4.78 is 42.3. The maximum Gasteiger partial charge on any atom is 0.394 e. The summed E-state index contributed by atoms with van der Waals surface area (Å²) in [7, 11) is 0. The Morgan fingerprint density at radius 2 is 2.23 bits per heavy atom. The lowest BCUT2D eigenvalue weighted by Crippen LogP contribution is -2.40. The second-order valence-electron chi connectivity index (χ2n) is 5.20. The number of carbonyl (C=O) groups excluding carboxylic acids is 1. The Balaban J connectivity index is 2.07. The Bertz CT molecular complexity index is 522. The van der Waals surface area contributed by atoms with Gasteiger partial charge < -0.3 is 9.64 Å². The summed E-state index contributed by atoms with van der Waals surface area (Å²) in [6.07, 6.45) is -2.78. The summed E-state index contributed by atoms with van der Waals surface area (Å²) in [6, 6.07) is 1.33. The summed E-state index contributed by atoms with van der Waals surface area (Å²) >= 11 is 0. The molecule has 8 heteroatoms. The smallest absolute Gasteiger partial charge is 0.394 e. The Morgan fingerprint density at radius 1 is 1.45 bits per heavy atom. The molecule has 0 spiro atoms. The summed E-state index contributed by atoms with van der Waals surface area (Å²) in [6.45, 7) is 3.12. The predicted octanol–water partition coefficient (Wildman–Crippen LogP) is 2.36. The van der Waals surface area contributed by atoms with Crippen LogP contribution in [0, 0.1) is 5.92 Å². The first-order chi connectivity index (χ1) is 10.4. The lowest BCUT2D eigenvalue weighted by molar-refractivity contribution is -0.148. The van der Waals surface area contributed by atoms with Crippen LogP contribution in [0.25, 0.3) is 0 Å². The van der Waals surface area contributed by atoms with Gasteiger partial charge in [-0.2, -0.15) is 13.2 Å². The Kier molecular flexibility index (Phi) is 5.20. The van der Waals surface area contributed by atoms with Crippen molar-refractivity contribution in [1.82, 2.24) is 9.97 Å². The normalized spacial score (nSPS) is 19.1. The van der Waals surface area contributed by atoms with E-state index in [1.54, 1.807) is 6.92 Å². The fourth-order valence-corrected chi connectivity index (χ4v) is 2.50. The second-order valence-corrected chi connectivity index (χ2v) is 5.20. The van der Waals surface area contributed by atoms with Crippen LogP contribution in [0.15, 0.2) is 12.4 Å². The topological polar surface area (TPSA) is 55.3 Å². The van der Waals surface area contributed by atoms with E-state index < -0.39 is 12.6 Å². The zero-order chi connectivity index (χ0) is 16.2. The highest BCUT2D eigenvalue weighted by Gasteiger charge is 2.30.